The number of nitrogens with two attached hydrogens (primary N) is 1. The Bertz CT molecular complexity index is 415. The molecule has 1 aromatic heterocycles. The van der Waals surface area contributed by atoms with Crippen LogP contribution in [0.2, 0.25) is 0 Å². The van der Waals surface area contributed by atoms with Gasteiger partial charge >= 0.3 is 6.18 Å². The molecule has 0 bridgehead atoms. The largest absolute Gasteiger partial charge is 0.405 e. The summed E-state index contributed by atoms with van der Waals surface area (Å²) in [5.41, 5.74) is 5.93. The lowest BCUT2D eigenvalue weighted by molar-refractivity contribution is -0.120. The molecule has 0 saturated heterocycles. The molecule has 0 atom stereocenters. The molecule has 1 heterocycles. The Morgan fingerprint density at radius 2 is 2.06 bits per heavy atom. The summed E-state index contributed by atoms with van der Waals surface area (Å²) in [4.78, 5) is 5.30. The van der Waals surface area contributed by atoms with Crippen LogP contribution in [0.5, 0.6) is 0 Å². The summed E-state index contributed by atoms with van der Waals surface area (Å²) in [5, 5.41) is 0. The fourth-order valence-corrected chi connectivity index (χ4v) is 1.54. The minimum Gasteiger partial charge on any atom is -0.389 e. The Balaban J connectivity index is 2.96. The number of halogens is 3. The van der Waals surface area contributed by atoms with Gasteiger partial charge < -0.3 is 10.6 Å². The Kier molecular flexibility index (Phi) is 4.50. The summed E-state index contributed by atoms with van der Waals surface area (Å²) in [6, 6.07) is 2.74. The Hall–Kier alpha value is -1.37. The SMILES string of the molecule is CC(C)N(CC(F)(F)F)c1ccc(C(N)=S)cn1. The van der Waals surface area contributed by atoms with Gasteiger partial charge in [-0.15, -0.1) is 0 Å². The van der Waals surface area contributed by atoms with Crippen molar-refractivity contribution in [3.63, 3.8) is 0 Å². The van der Waals surface area contributed by atoms with Crippen LogP contribution in [0, 0.1) is 0 Å². The molecule has 18 heavy (non-hydrogen) atoms. The number of alkyl halides is 3. The van der Waals surface area contributed by atoms with Gasteiger partial charge in [0.05, 0.1) is 0 Å². The van der Waals surface area contributed by atoms with Gasteiger partial charge in [0.1, 0.15) is 17.4 Å². The van der Waals surface area contributed by atoms with E-state index < -0.39 is 12.7 Å². The first-order chi connectivity index (χ1) is 8.20. The molecule has 7 heteroatoms. The van der Waals surface area contributed by atoms with Gasteiger partial charge in [-0.3, -0.25) is 0 Å². The van der Waals surface area contributed by atoms with Crippen LogP contribution in [-0.4, -0.2) is 28.7 Å². The average Bonchev–Trinajstić information content (AvgIpc) is 2.24. The van der Waals surface area contributed by atoms with Gasteiger partial charge in [-0.25, -0.2) is 4.98 Å². The topological polar surface area (TPSA) is 42.1 Å². The number of rotatable bonds is 4. The molecule has 0 amide bonds. The summed E-state index contributed by atoms with van der Waals surface area (Å²) < 4.78 is 37.3. The average molecular weight is 277 g/mol. The molecule has 1 aromatic rings. The van der Waals surface area contributed by atoms with E-state index >= 15 is 0 Å². The molecular weight excluding hydrogens is 263 g/mol. The fourth-order valence-electron chi connectivity index (χ4n) is 1.42. The van der Waals surface area contributed by atoms with Gasteiger partial charge in [0.15, 0.2) is 0 Å². The predicted molar refractivity (Wildman–Crippen MR) is 68.7 cm³/mol. The molecule has 0 unspecified atom stereocenters. The normalized spacial score (nSPS) is 11.7. The number of anilines is 1. The van der Waals surface area contributed by atoms with Gasteiger partial charge in [0.25, 0.3) is 0 Å². The van der Waals surface area contributed by atoms with Crippen molar-refractivity contribution in [2.24, 2.45) is 5.73 Å². The molecule has 0 spiro atoms. The molecule has 0 aromatic carbocycles. The fraction of sp³-hybridized carbons (Fsp3) is 0.455. The summed E-state index contributed by atoms with van der Waals surface area (Å²) in [6.07, 6.45) is -2.89. The van der Waals surface area contributed by atoms with E-state index in [4.69, 9.17) is 18.0 Å². The number of thiocarbonyl (C=S) groups is 1. The first kappa shape index (κ1) is 14.7. The summed E-state index contributed by atoms with van der Waals surface area (Å²) >= 11 is 4.75. The van der Waals surface area contributed by atoms with Gasteiger partial charge in [0.2, 0.25) is 0 Å². The zero-order valence-electron chi connectivity index (χ0n) is 10.0. The van der Waals surface area contributed by atoms with E-state index in [0.29, 0.717) is 5.56 Å². The van der Waals surface area contributed by atoms with Crippen LogP contribution in [0.15, 0.2) is 18.3 Å². The lowest BCUT2D eigenvalue weighted by atomic mass is 10.2. The third-order valence-corrected chi connectivity index (χ3v) is 2.54. The van der Waals surface area contributed by atoms with Crippen LogP contribution in [-0.2, 0) is 0 Å². The number of pyridine rings is 1. The van der Waals surface area contributed by atoms with Crippen molar-refractivity contribution in [3.8, 4) is 0 Å². The second-order valence-corrected chi connectivity index (χ2v) is 4.55. The maximum Gasteiger partial charge on any atom is 0.405 e. The molecule has 0 aliphatic carbocycles. The van der Waals surface area contributed by atoms with Crippen LogP contribution in [0.4, 0.5) is 19.0 Å². The summed E-state index contributed by atoms with van der Waals surface area (Å²) in [7, 11) is 0. The standard InChI is InChI=1S/C11H14F3N3S/c1-7(2)17(6-11(12,13)14)9-4-3-8(5-16-9)10(15)18/h3-5,7H,6H2,1-2H3,(H2,15,18). The molecule has 1 rings (SSSR count). The van der Waals surface area contributed by atoms with E-state index in [1.807, 2.05) is 0 Å². The van der Waals surface area contributed by atoms with Crippen molar-refractivity contribution in [2.45, 2.75) is 26.1 Å². The number of hydrogen-bond donors (Lipinski definition) is 1. The number of hydrogen-bond acceptors (Lipinski definition) is 3. The molecule has 0 fully saturated rings. The van der Waals surface area contributed by atoms with E-state index in [1.165, 1.54) is 17.2 Å². The van der Waals surface area contributed by atoms with Crippen LogP contribution in [0.3, 0.4) is 0 Å². The Morgan fingerprint density at radius 1 is 1.44 bits per heavy atom. The molecule has 100 valence electrons. The molecule has 2 N–H and O–H groups in total. The zero-order valence-corrected chi connectivity index (χ0v) is 10.8. The van der Waals surface area contributed by atoms with E-state index in [9.17, 15) is 13.2 Å². The lowest BCUT2D eigenvalue weighted by Crippen LogP contribution is -2.39. The second-order valence-electron chi connectivity index (χ2n) is 4.11. The number of nitrogens with zero attached hydrogens (tertiary/aromatic N) is 2. The first-order valence-corrected chi connectivity index (χ1v) is 5.71. The quantitative estimate of drug-likeness (QED) is 0.859. The zero-order chi connectivity index (χ0) is 13.9. The highest BCUT2D eigenvalue weighted by molar-refractivity contribution is 7.80. The smallest absolute Gasteiger partial charge is 0.389 e. The van der Waals surface area contributed by atoms with E-state index in [0.717, 1.165) is 0 Å². The third kappa shape index (κ3) is 4.14. The number of aromatic nitrogens is 1. The van der Waals surface area contributed by atoms with E-state index in [1.54, 1.807) is 19.9 Å². The maximum absolute atomic E-state index is 12.4. The van der Waals surface area contributed by atoms with Crippen molar-refractivity contribution in [2.75, 3.05) is 11.4 Å². The maximum atomic E-state index is 12.4. The molecule has 0 aliphatic rings. The Labute approximate surface area is 109 Å². The Morgan fingerprint density at radius 3 is 2.39 bits per heavy atom. The molecule has 0 radical (unpaired) electrons. The van der Waals surface area contributed by atoms with Gasteiger partial charge in [0, 0.05) is 17.8 Å². The third-order valence-electron chi connectivity index (χ3n) is 2.30. The predicted octanol–water partition coefficient (Wildman–Crippen LogP) is 2.49. The van der Waals surface area contributed by atoms with Crippen LogP contribution in [0.1, 0.15) is 19.4 Å². The van der Waals surface area contributed by atoms with Crippen molar-refractivity contribution in [1.29, 1.82) is 0 Å². The minimum absolute atomic E-state index is 0.168. The molecule has 0 saturated carbocycles. The van der Waals surface area contributed by atoms with Crippen molar-refractivity contribution < 1.29 is 13.2 Å². The highest BCUT2D eigenvalue weighted by Gasteiger charge is 2.32. The highest BCUT2D eigenvalue weighted by atomic mass is 32.1. The van der Waals surface area contributed by atoms with Crippen molar-refractivity contribution >= 4 is 23.0 Å². The summed E-state index contributed by atoms with van der Waals surface area (Å²) in [6.45, 7) is 2.31. The van der Waals surface area contributed by atoms with E-state index in [2.05, 4.69) is 4.98 Å². The van der Waals surface area contributed by atoms with Crippen LogP contribution >= 0.6 is 12.2 Å². The lowest BCUT2D eigenvalue weighted by Gasteiger charge is -2.28. The minimum atomic E-state index is -4.27. The van der Waals surface area contributed by atoms with Crippen LogP contribution in [0.25, 0.3) is 0 Å². The van der Waals surface area contributed by atoms with Gasteiger partial charge in [-0.05, 0) is 26.0 Å². The molecular formula is C11H14F3N3S. The molecule has 3 nitrogen and oxygen atoms in total. The first-order valence-electron chi connectivity index (χ1n) is 5.30. The van der Waals surface area contributed by atoms with E-state index in [-0.39, 0.29) is 16.8 Å². The van der Waals surface area contributed by atoms with Crippen molar-refractivity contribution in [1.82, 2.24) is 4.98 Å². The molecule has 0 aliphatic heterocycles. The second kappa shape index (κ2) is 5.51. The van der Waals surface area contributed by atoms with Gasteiger partial charge in [-0.2, -0.15) is 13.2 Å². The highest BCUT2D eigenvalue weighted by Crippen LogP contribution is 2.22. The van der Waals surface area contributed by atoms with Crippen LogP contribution < -0.4 is 10.6 Å². The summed E-state index contributed by atoms with van der Waals surface area (Å²) in [5.74, 6) is 0.252. The van der Waals surface area contributed by atoms with Gasteiger partial charge in [-0.1, -0.05) is 12.2 Å². The van der Waals surface area contributed by atoms with Crippen molar-refractivity contribution in [3.05, 3.63) is 23.9 Å². The monoisotopic (exact) mass is 277 g/mol.